The molecule has 0 aromatic carbocycles. The van der Waals surface area contributed by atoms with Crippen LogP contribution in [0.15, 0.2) is 15.5 Å². The average Bonchev–Trinajstić information content (AvgIpc) is 3.11. The molecular formula is C12H18BrN3O. The predicted octanol–water partition coefficient (Wildman–Crippen LogP) is 1.85. The van der Waals surface area contributed by atoms with Gasteiger partial charge in [0, 0.05) is 18.8 Å². The van der Waals surface area contributed by atoms with E-state index in [4.69, 9.17) is 0 Å². The summed E-state index contributed by atoms with van der Waals surface area (Å²) in [5.74, 6) is 0.786. The van der Waals surface area contributed by atoms with Crippen molar-refractivity contribution in [3.8, 4) is 0 Å². The van der Waals surface area contributed by atoms with Crippen LogP contribution < -0.4 is 10.9 Å². The van der Waals surface area contributed by atoms with Gasteiger partial charge in [0.15, 0.2) is 0 Å². The highest BCUT2D eigenvalue weighted by atomic mass is 79.9. The van der Waals surface area contributed by atoms with Crippen molar-refractivity contribution in [1.82, 2.24) is 14.9 Å². The third kappa shape index (κ3) is 3.64. The Balaban J connectivity index is 1.81. The van der Waals surface area contributed by atoms with Crippen LogP contribution in [0.1, 0.15) is 31.5 Å². The molecule has 1 N–H and O–H groups in total. The van der Waals surface area contributed by atoms with E-state index in [-0.39, 0.29) is 5.56 Å². The summed E-state index contributed by atoms with van der Waals surface area (Å²) >= 11 is 3.22. The molecular weight excluding hydrogens is 282 g/mol. The van der Waals surface area contributed by atoms with Crippen LogP contribution in [0.4, 0.5) is 0 Å². The monoisotopic (exact) mass is 299 g/mol. The summed E-state index contributed by atoms with van der Waals surface area (Å²) < 4.78 is 2.28. The molecule has 1 aliphatic carbocycles. The van der Waals surface area contributed by atoms with E-state index >= 15 is 0 Å². The van der Waals surface area contributed by atoms with Crippen molar-refractivity contribution in [2.24, 2.45) is 0 Å². The maximum Gasteiger partial charge on any atom is 0.267 e. The van der Waals surface area contributed by atoms with Gasteiger partial charge in [0.1, 0.15) is 10.3 Å². The maximum absolute atomic E-state index is 11.8. The molecule has 0 saturated heterocycles. The molecule has 17 heavy (non-hydrogen) atoms. The Bertz CT molecular complexity index is 440. The fourth-order valence-corrected chi connectivity index (χ4v) is 2.12. The molecule has 0 spiro atoms. The third-order valence-electron chi connectivity index (χ3n) is 3.02. The van der Waals surface area contributed by atoms with E-state index in [1.807, 2.05) is 6.92 Å². The van der Waals surface area contributed by atoms with E-state index < -0.39 is 0 Å². The molecule has 0 radical (unpaired) electrons. The first-order valence-electron chi connectivity index (χ1n) is 6.14. The third-order valence-corrected chi connectivity index (χ3v) is 3.57. The van der Waals surface area contributed by atoms with Gasteiger partial charge in [-0.05, 0) is 55.1 Å². The van der Waals surface area contributed by atoms with Gasteiger partial charge in [0.25, 0.3) is 5.56 Å². The van der Waals surface area contributed by atoms with Gasteiger partial charge in [-0.25, -0.2) is 4.98 Å². The number of halogens is 1. The first kappa shape index (κ1) is 12.8. The quantitative estimate of drug-likeness (QED) is 0.816. The Morgan fingerprint density at radius 3 is 3.00 bits per heavy atom. The number of unbranched alkanes of at least 4 members (excludes halogenated alkanes) is 1. The molecule has 0 unspecified atom stereocenters. The predicted molar refractivity (Wildman–Crippen MR) is 71.2 cm³/mol. The SMILES string of the molecule is Cc1ncc(Br)c(=O)n1CCCCNC1CC1. The zero-order chi connectivity index (χ0) is 12.3. The molecule has 1 aliphatic rings. The van der Waals surface area contributed by atoms with Crippen LogP contribution in [-0.4, -0.2) is 22.1 Å². The van der Waals surface area contributed by atoms with E-state index in [1.165, 1.54) is 12.8 Å². The van der Waals surface area contributed by atoms with Crippen molar-refractivity contribution in [3.05, 3.63) is 26.8 Å². The van der Waals surface area contributed by atoms with Gasteiger partial charge in [0.2, 0.25) is 0 Å². The Hall–Kier alpha value is -0.680. The molecule has 0 amide bonds. The fourth-order valence-electron chi connectivity index (χ4n) is 1.80. The van der Waals surface area contributed by atoms with Gasteiger partial charge in [0.05, 0.1) is 0 Å². The summed E-state index contributed by atoms with van der Waals surface area (Å²) in [5.41, 5.74) is 0.0210. The first-order valence-corrected chi connectivity index (χ1v) is 6.93. The van der Waals surface area contributed by atoms with Crippen molar-refractivity contribution < 1.29 is 0 Å². The summed E-state index contributed by atoms with van der Waals surface area (Å²) in [7, 11) is 0. The van der Waals surface area contributed by atoms with Crippen molar-refractivity contribution in [2.45, 2.75) is 45.2 Å². The van der Waals surface area contributed by atoms with Crippen LogP contribution in [0.3, 0.4) is 0 Å². The Morgan fingerprint density at radius 1 is 1.53 bits per heavy atom. The topological polar surface area (TPSA) is 46.9 Å². The van der Waals surface area contributed by atoms with E-state index in [9.17, 15) is 4.79 Å². The smallest absolute Gasteiger partial charge is 0.267 e. The summed E-state index contributed by atoms with van der Waals surface area (Å²) in [6, 6.07) is 0.770. The Labute approximate surface area is 110 Å². The standard InChI is InChI=1S/C12H18BrN3O/c1-9-15-8-11(13)12(17)16(9)7-3-2-6-14-10-4-5-10/h8,10,14H,2-7H2,1H3. The number of hydrogen-bond acceptors (Lipinski definition) is 3. The molecule has 2 rings (SSSR count). The zero-order valence-corrected chi connectivity index (χ0v) is 11.7. The highest BCUT2D eigenvalue weighted by Gasteiger charge is 2.19. The minimum absolute atomic E-state index is 0.0210. The van der Waals surface area contributed by atoms with Gasteiger partial charge in [-0.1, -0.05) is 0 Å². The van der Waals surface area contributed by atoms with Gasteiger partial charge in [-0.2, -0.15) is 0 Å². The molecule has 1 heterocycles. The second kappa shape index (κ2) is 5.78. The van der Waals surface area contributed by atoms with Crippen molar-refractivity contribution in [3.63, 3.8) is 0 Å². The molecule has 1 saturated carbocycles. The number of nitrogens with one attached hydrogen (secondary N) is 1. The number of aryl methyl sites for hydroxylation is 1. The molecule has 0 aliphatic heterocycles. The minimum Gasteiger partial charge on any atom is -0.314 e. The average molecular weight is 300 g/mol. The van der Waals surface area contributed by atoms with Crippen molar-refractivity contribution in [1.29, 1.82) is 0 Å². The molecule has 1 aromatic rings. The summed E-state index contributed by atoms with van der Waals surface area (Å²) in [5, 5.41) is 3.47. The van der Waals surface area contributed by atoms with E-state index in [0.717, 1.165) is 37.8 Å². The maximum atomic E-state index is 11.8. The van der Waals surface area contributed by atoms with Crippen LogP contribution in [-0.2, 0) is 6.54 Å². The minimum atomic E-state index is 0.0210. The van der Waals surface area contributed by atoms with E-state index in [1.54, 1.807) is 10.8 Å². The van der Waals surface area contributed by atoms with Crippen LogP contribution >= 0.6 is 15.9 Å². The molecule has 1 aromatic heterocycles. The molecule has 5 heteroatoms. The molecule has 1 fully saturated rings. The summed E-state index contributed by atoms with van der Waals surface area (Å²) in [6.07, 6.45) is 6.35. The number of rotatable bonds is 6. The highest BCUT2D eigenvalue weighted by Crippen LogP contribution is 2.18. The largest absolute Gasteiger partial charge is 0.314 e. The van der Waals surface area contributed by atoms with Crippen molar-refractivity contribution in [2.75, 3.05) is 6.54 Å². The fraction of sp³-hybridized carbons (Fsp3) is 0.667. The van der Waals surface area contributed by atoms with Crippen LogP contribution in [0, 0.1) is 6.92 Å². The molecule has 0 atom stereocenters. The lowest BCUT2D eigenvalue weighted by Gasteiger charge is -2.09. The number of hydrogen-bond donors (Lipinski definition) is 1. The van der Waals surface area contributed by atoms with Gasteiger partial charge in [-0.3, -0.25) is 9.36 Å². The lowest BCUT2D eigenvalue weighted by molar-refractivity contribution is 0.542. The Morgan fingerprint density at radius 2 is 2.29 bits per heavy atom. The van der Waals surface area contributed by atoms with Crippen LogP contribution in [0.5, 0.6) is 0 Å². The zero-order valence-electron chi connectivity index (χ0n) is 10.1. The summed E-state index contributed by atoms with van der Waals surface area (Å²) in [4.78, 5) is 16.0. The van der Waals surface area contributed by atoms with E-state index in [2.05, 4.69) is 26.2 Å². The molecule has 94 valence electrons. The lowest BCUT2D eigenvalue weighted by atomic mass is 10.3. The molecule has 0 bridgehead atoms. The molecule has 4 nitrogen and oxygen atoms in total. The van der Waals surface area contributed by atoms with E-state index in [0.29, 0.717) is 4.47 Å². The normalized spacial score (nSPS) is 15.2. The van der Waals surface area contributed by atoms with Crippen LogP contribution in [0.25, 0.3) is 0 Å². The van der Waals surface area contributed by atoms with Gasteiger partial charge >= 0.3 is 0 Å². The first-order chi connectivity index (χ1) is 8.18. The summed E-state index contributed by atoms with van der Waals surface area (Å²) in [6.45, 7) is 3.68. The van der Waals surface area contributed by atoms with Crippen LogP contribution in [0.2, 0.25) is 0 Å². The van der Waals surface area contributed by atoms with Gasteiger partial charge in [-0.15, -0.1) is 0 Å². The van der Waals surface area contributed by atoms with Crippen molar-refractivity contribution >= 4 is 15.9 Å². The lowest BCUT2D eigenvalue weighted by Crippen LogP contribution is -2.25. The number of nitrogens with zero attached hydrogens (tertiary/aromatic N) is 2. The Kier molecular flexibility index (Phi) is 4.34. The second-order valence-corrected chi connectivity index (χ2v) is 5.40. The number of aromatic nitrogens is 2. The second-order valence-electron chi connectivity index (χ2n) is 4.55. The highest BCUT2D eigenvalue weighted by molar-refractivity contribution is 9.10. The van der Waals surface area contributed by atoms with Gasteiger partial charge < -0.3 is 5.32 Å².